The Kier molecular flexibility index (Phi) is 6.56. The van der Waals surface area contributed by atoms with E-state index in [0.29, 0.717) is 33.3 Å². The fourth-order valence-corrected chi connectivity index (χ4v) is 4.90. The largest absolute Gasteiger partial charge is 0.324 e. The van der Waals surface area contributed by atoms with Crippen molar-refractivity contribution in [2.24, 2.45) is 0 Å². The van der Waals surface area contributed by atoms with Crippen LogP contribution in [0.1, 0.15) is 11.1 Å². The normalized spacial score (nSPS) is 11.7. The number of rotatable bonds is 6. The molecule has 35 heavy (non-hydrogen) atoms. The summed E-state index contributed by atoms with van der Waals surface area (Å²) in [6.45, 7) is 3.38. The number of anilines is 1. The van der Waals surface area contributed by atoms with Gasteiger partial charge in [0.1, 0.15) is 6.54 Å². The van der Waals surface area contributed by atoms with Crippen LogP contribution >= 0.6 is 0 Å². The predicted molar refractivity (Wildman–Crippen MR) is 137 cm³/mol. The summed E-state index contributed by atoms with van der Waals surface area (Å²) in [5.74, 6) is -0.399. The molecule has 0 spiro atoms. The highest BCUT2D eigenvalue weighted by Gasteiger charge is 2.22. The first-order chi connectivity index (χ1) is 16.6. The zero-order chi connectivity index (χ0) is 25.3. The number of benzene rings is 3. The van der Waals surface area contributed by atoms with E-state index in [4.69, 9.17) is 0 Å². The number of aromatic nitrogens is 2. The summed E-state index contributed by atoms with van der Waals surface area (Å²) in [7, 11) is -0.745. The van der Waals surface area contributed by atoms with Crippen LogP contribution in [0.2, 0.25) is 0 Å². The van der Waals surface area contributed by atoms with Crippen molar-refractivity contribution in [1.82, 2.24) is 14.1 Å². The fraction of sp³-hybridized carbons (Fsp3) is 0.192. The number of aryl methyl sites for hydroxylation is 2. The van der Waals surface area contributed by atoms with E-state index >= 15 is 0 Å². The van der Waals surface area contributed by atoms with Gasteiger partial charge in [-0.2, -0.15) is 5.10 Å². The van der Waals surface area contributed by atoms with Crippen LogP contribution in [-0.2, 0) is 21.4 Å². The second-order valence-electron chi connectivity index (χ2n) is 8.54. The summed E-state index contributed by atoms with van der Waals surface area (Å²) in [6.07, 6.45) is 0. The molecule has 0 fully saturated rings. The van der Waals surface area contributed by atoms with Crippen LogP contribution in [0, 0.1) is 13.8 Å². The molecule has 3 aromatic carbocycles. The molecule has 0 bridgehead atoms. The highest BCUT2D eigenvalue weighted by Crippen LogP contribution is 2.29. The van der Waals surface area contributed by atoms with Gasteiger partial charge < -0.3 is 5.32 Å². The topological polar surface area (TPSA) is 101 Å². The Labute approximate surface area is 203 Å². The molecule has 1 N–H and O–H groups in total. The van der Waals surface area contributed by atoms with Crippen molar-refractivity contribution in [3.05, 3.63) is 88.2 Å². The van der Waals surface area contributed by atoms with Crippen molar-refractivity contribution in [3.8, 4) is 11.3 Å². The van der Waals surface area contributed by atoms with Crippen molar-refractivity contribution in [3.63, 3.8) is 0 Å². The van der Waals surface area contributed by atoms with E-state index < -0.39 is 21.5 Å². The molecule has 0 aliphatic carbocycles. The quantitative estimate of drug-likeness (QED) is 0.445. The van der Waals surface area contributed by atoms with E-state index in [1.807, 2.05) is 19.1 Å². The molecule has 1 amide bonds. The summed E-state index contributed by atoms with van der Waals surface area (Å²) in [5, 5.41) is 8.24. The maximum absolute atomic E-state index is 13.1. The first-order valence-electron chi connectivity index (χ1n) is 11.0. The number of nitrogens with zero attached hydrogens (tertiary/aromatic N) is 3. The van der Waals surface area contributed by atoms with Gasteiger partial charge >= 0.3 is 0 Å². The molecule has 180 valence electrons. The molecule has 0 unspecified atom stereocenters. The van der Waals surface area contributed by atoms with Crippen molar-refractivity contribution in [2.75, 3.05) is 19.4 Å². The average molecular weight is 491 g/mol. The molecule has 0 saturated heterocycles. The van der Waals surface area contributed by atoms with Gasteiger partial charge in [-0.15, -0.1) is 0 Å². The van der Waals surface area contributed by atoms with E-state index in [-0.39, 0.29) is 11.4 Å². The average Bonchev–Trinajstić information content (AvgIpc) is 2.82. The third-order valence-electron chi connectivity index (χ3n) is 5.72. The zero-order valence-corrected chi connectivity index (χ0v) is 20.8. The SMILES string of the molecule is Cc1ccc(NC(=O)Cn2nc(-c3ccc(C)c(S(=O)(=O)N(C)C)c3)c3ccccc3c2=O)cc1. The minimum absolute atomic E-state index is 0.153. The van der Waals surface area contributed by atoms with Crippen LogP contribution in [0.3, 0.4) is 0 Å². The number of hydrogen-bond donors (Lipinski definition) is 1. The molecule has 1 aromatic heterocycles. The Morgan fingerprint density at radius 2 is 1.63 bits per heavy atom. The van der Waals surface area contributed by atoms with Gasteiger partial charge in [0.2, 0.25) is 15.9 Å². The van der Waals surface area contributed by atoms with Gasteiger partial charge in [-0.05, 0) is 43.7 Å². The highest BCUT2D eigenvalue weighted by molar-refractivity contribution is 7.89. The van der Waals surface area contributed by atoms with E-state index in [0.717, 1.165) is 14.6 Å². The smallest absolute Gasteiger partial charge is 0.275 e. The van der Waals surface area contributed by atoms with E-state index in [1.165, 1.54) is 14.1 Å². The zero-order valence-electron chi connectivity index (χ0n) is 19.9. The Hall–Kier alpha value is -3.82. The second-order valence-corrected chi connectivity index (χ2v) is 10.7. The van der Waals surface area contributed by atoms with E-state index in [1.54, 1.807) is 61.5 Å². The highest BCUT2D eigenvalue weighted by atomic mass is 32.2. The number of carbonyl (C=O) groups is 1. The third-order valence-corrected chi connectivity index (χ3v) is 7.67. The summed E-state index contributed by atoms with van der Waals surface area (Å²) in [5.41, 5.74) is 2.81. The van der Waals surface area contributed by atoms with Crippen molar-refractivity contribution in [2.45, 2.75) is 25.3 Å². The fourth-order valence-electron chi connectivity index (χ4n) is 3.75. The predicted octanol–water partition coefficient (Wildman–Crippen LogP) is 3.57. The second kappa shape index (κ2) is 9.44. The molecule has 1 heterocycles. The standard InChI is InChI=1S/C26H26N4O4S/c1-17-9-13-20(14-10-17)27-24(31)16-30-26(32)22-8-6-5-7-21(22)25(28-30)19-12-11-18(2)23(15-19)35(33,34)29(3)4/h5-15H,16H2,1-4H3,(H,27,31). The van der Waals surface area contributed by atoms with Gasteiger partial charge in [0.05, 0.1) is 16.0 Å². The van der Waals surface area contributed by atoms with E-state index in [9.17, 15) is 18.0 Å². The van der Waals surface area contributed by atoms with Gasteiger partial charge in [0.15, 0.2) is 0 Å². The number of amides is 1. The number of hydrogen-bond acceptors (Lipinski definition) is 5. The first-order valence-corrected chi connectivity index (χ1v) is 12.4. The molecule has 4 aromatic rings. The van der Waals surface area contributed by atoms with Gasteiger partial charge in [-0.1, -0.05) is 48.0 Å². The van der Waals surface area contributed by atoms with Crippen molar-refractivity contribution < 1.29 is 13.2 Å². The van der Waals surface area contributed by atoms with E-state index in [2.05, 4.69) is 10.4 Å². The Bertz CT molecular complexity index is 1590. The van der Waals surface area contributed by atoms with Gasteiger partial charge in [-0.3, -0.25) is 9.59 Å². The Morgan fingerprint density at radius 3 is 2.29 bits per heavy atom. The monoisotopic (exact) mass is 490 g/mol. The van der Waals surface area contributed by atoms with Gasteiger partial charge in [0.25, 0.3) is 5.56 Å². The summed E-state index contributed by atoms with van der Waals surface area (Å²) in [6, 6.07) is 19.3. The summed E-state index contributed by atoms with van der Waals surface area (Å²) >= 11 is 0. The number of carbonyl (C=O) groups excluding carboxylic acids is 1. The van der Waals surface area contributed by atoms with Crippen LogP contribution in [-0.4, -0.2) is 42.5 Å². The molecular formula is C26H26N4O4S. The maximum Gasteiger partial charge on any atom is 0.275 e. The summed E-state index contributed by atoms with van der Waals surface area (Å²) < 4.78 is 28.0. The first kappa shape index (κ1) is 24.3. The molecule has 0 saturated carbocycles. The molecule has 0 aliphatic heterocycles. The minimum atomic E-state index is -3.69. The molecule has 0 atom stereocenters. The van der Waals surface area contributed by atoms with Crippen LogP contribution in [0.15, 0.2) is 76.4 Å². The Balaban J connectivity index is 1.81. The van der Waals surface area contributed by atoms with Crippen LogP contribution in [0.25, 0.3) is 22.0 Å². The number of sulfonamides is 1. The minimum Gasteiger partial charge on any atom is -0.324 e. The molecule has 8 nitrogen and oxygen atoms in total. The van der Waals surface area contributed by atoms with Gasteiger partial charge in [-0.25, -0.2) is 17.4 Å². The lowest BCUT2D eigenvalue weighted by Crippen LogP contribution is -2.30. The number of fused-ring (bicyclic) bond motifs is 1. The third kappa shape index (κ3) is 4.87. The molecular weight excluding hydrogens is 464 g/mol. The maximum atomic E-state index is 13.1. The molecule has 0 aliphatic rings. The van der Waals surface area contributed by atoms with Crippen LogP contribution < -0.4 is 10.9 Å². The lowest BCUT2D eigenvalue weighted by Gasteiger charge is -2.16. The molecule has 4 rings (SSSR count). The lowest BCUT2D eigenvalue weighted by molar-refractivity contribution is -0.117. The lowest BCUT2D eigenvalue weighted by atomic mass is 10.0. The van der Waals surface area contributed by atoms with Gasteiger partial charge in [0, 0.05) is 30.7 Å². The molecule has 0 radical (unpaired) electrons. The van der Waals surface area contributed by atoms with Crippen molar-refractivity contribution >= 4 is 32.4 Å². The molecule has 9 heteroatoms. The Morgan fingerprint density at radius 1 is 0.971 bits per heavy atom. The van der Waals surface area contributed by atoms with Crippen molar-refractivity contribution in [1.29, 1.82) is 0 Å². The van der Waals surface area contributed by atoms with Crippen LogP contribution in [0.4, 0.5) is 5.69 Å². The number of nitrogens with one attached hydrogen (secondary N) is 1. The summed E-state index contributed by atoms with van der Waals surface area (Å²) in [4.78, 5) is 26.0. The van der Waals surface area contributed by atoms with Crippen LogP contribution in [0.5, 0.6) is 0 Å².